The van der Waals surface area contributed by atoms with Crippen molar-refractivity contribution in [1.82, 2.24) is 14.8 Å². The van der Waals surface area contributed by atoms with Crippen LogP contribution in [0, 0.1) is 0 Å². The van der Waals surface area contributed by atoms with E-state index >= 15 is 0 Å². The number of hydrogen-bond acceptors (Lipinski definition) is 5. The van der Waals surface area contributed by atoms with E-state index in [2.05, 4.69) is 21.8 Å². The van der Waals surface area contributed by atoms with Crippen molar-refractivity contribution in [3.8, 4) is 0 Å². The molecule has 5 heteroatoms. The minimum Gasteiger partial charge on any atom is -0.393 e. The second kappa shape index (κ2) is 6.61. The number of hydrogen-bond donors (Lipinski definition) is 1. The van der Waals surface area contributed by atoms with Crippen molar-refractivity contribution in [3.63, 3.8) is 0 Å². The summed E-state index contributed by atoms with van der Waals surface area (Å²) in [6.45, 7) is 7.61. The third-order valence-electron chi connectivity index (χ3n) is 3.34. The Morgan fingerprint density at radius 2 is 2.11 bits per heavy atom. The summed E-state index contributed by atoms with van der Waals surface area (Å²) in [5.74, 6) is 0. The van der Waals surface area contributed by atoms with E-state index in [-0.39, 0.29) is 6.10 Å². The van der Waals surface area contributed by atoms with Gasteiger partial charge in [-0.3, -0.25) is 0 Å². The van der Waals surface area contributed by atoms with Crippen LogP contribution in [0.1, 0.15) is 16.8 Å². The van der Waals surface area contributed by atoms with Crippen LogP contribution in [0.15, 0.2) is 6.20 Å². The molecule has 1 aliphatic heterocycles. The Morgan fingerprint density at radius 3 is 2.78 bits per heavy atom. The van der Waals surface area contributed by atoms with Crippen LogP contribution in [0.5, 0.6) is 0 Å². The van der Waals surface area contributed by atoms with Gasteiger partial charge < -0.3 is 14.9 Å². The van der Waals surface area contributed by atoms with Crippen LogP contribution < -0.4 is 0 Å². The monoisotopic (exact) mass is 269 g/mol. The predicted molar refractivity (Wildman–Crippen MR) is 75.1 cm³/mol. The topological polar surface area (TPSA) is 39.6 Å². The summed E-state index contributed by atoms with van der Waals surface area (Å²) in [4.78, 5) is 10.5. The molecule has 0 bridgehead atoms. The molecule has 0 radical (unpaired) electrons. The summed E-state index contributed by atoms with van der Waals surface area (Å²) < 4.78 is 0. The minimum absolute atomic E-state index is 0.268. The summed E-state index contributed by atoms with van der Waals surface area (Å²) in [5, 5.41) is 10.5. The van der Waals surface area contributed by atoms with Gasteiger partial charge in [-0.05, 0) is 14.0 Å². The molecule has 0 aliphatic carbocycles. The predicted octanol–water partition coefficient (Wildman–Crippen LogP) is 0.856. The van der Waals surface area contributed by atoms with Crippen molar-refractivity contribution < 1.29 is 5.11 Å². The third kappa shape index (κ3) is 4.31. The highest BCUT2D eigenvalue weighted by Gasteiger charge is 2.14. The van der Waals surface area contributed by atoms with E-state index in [4.69, 9.17) is 0 Å². The first-order chi connectivity index (χ1) is 8.63. The summed E-state index contributed by atoms with van der Waals surface area (Å²) in [6, 6.07) is 0. The molecule has 4 nitrogen and oxygen atoms in total. The summed E-state index contributed by atoms with van der Waals surface area (Å²) in [7, 11) is 2.18. The minimum atomic E-state index is -0.268. The lowest BCUT2D eigenvalue weighted by atomic mass is 10.3. The SMILES string of the molecule is CC(O)Cc1cnc(CCN2CCN(C)CC2)s1. The van der Waals surface area contributed by atoms with Crippen LogP contribution in [-0.2, 0) is 12.8 Å². The molecule has 1 aromatic rings. The number of aliphatic hydroxyl groups is 1. The lowest BCUT2D eigenvalue weighted by Crippen LogP contribution is -2.45. The molecule has 0 amide bonds. The lowest BCUT2D eigenvalue weighted by molar-refractivity contribution is 0.155. The molecule has 1 fully saturated rings. The fourth-order valence-corrected chi connectivity index (χ4v) is 3.21. The maximum Gasteiger partial charge on any atom is 0.0940 e. The van der Waals surface area contributed by atoms with Gasteiger partial charge in [-0.2, -0.15) is 0 Å². The molecule has 0 spiro atoms. The molecule has 0 saturated carbocycles. The van der Waals surface area contributed by atoms with Crippen LogP contribution in [0.3, 0.4) is 0 Å². The van der Waals surface area contributed by atoms with Gasteiger partial charge in [0.25, 0.3) is 0 Å². The zero-order valence-corrected chi connectivity index (χ0v) is 12.1. The summed E-state index contributed by atoms with van der Waals surface area (Å²) in [6.07, 6.45) is 3.41. The fourth-order valence-electron chi connectivity index (χ4n) is 2.17. The molecule has 2 heterocycles. The number of rotatable bonds is 5. The van der Waals surface area contributed by atoms with Crippen molar-refractivity contribution in [2.24, 2.45) is 0 Å². The zero-order chi connectivity index (χ0) is 13.0. The van der Waals surface area contributed by atoms with Gasteiger partial charge in [-0.1, -0.05) is 0 Å². The van der Waals surface area contributed by atoms with E-state index in [1.807, 2.05) is 13.1 Å². The van der Waals surface area contributed by atoms with Crippen LogP contribution in [-0.4, -0.2) is 65.8 Å². The molecule has 1 atom stereocenters. The van der Waals surface area contributed by atoms with E-state index < -0.39 is 0 Å². The maximum absolute atomic E-state index is 9.34. The number of thiazole rings is 1. The van der Waals surface area contributed by atoms with Gasteiger partial charge in [-0.25, -0.2) is 4.98 Å². The van der Waals surface area contributed by atoms with Gasteiger partial charge in [0, 0.05) is 56.6 Å². The first-order valence-electron chi connectivity index (χ1n) is 6.66. The second-order valence-electron chi connectivity index (χ2n) is 5.17. The zero-order valence-electron chi connectivity index (χ0n) is 11.3. The third-order valence-corrected chi connectivity index (χ3v) is 4.42. The maximum atomic E-state index is 9.34. The van der Waals surface area contributed by atoms with Crippen LogP contribution in [0.4, 0.5) is 0 Å². The fraction of sp³-hybridized carbons (Fsp3) is 0.769. The summed E-state index contributed by atoms with van der Waals surface area (Å²) in [5.41, 5.74) is 0. The summed E-state index contributed by atoms with van der Waals surface area (Å²) >= 11 is 1.74. The Kier molecular flexibility index (Phi) is 5.12. The van der Waals surface area contributed by atoms with Gasteiger partial charge >= 0.3 is 0 Å². The van der Waals surface area contributed by atoms with Gasteiger partial charge in [0.1, 0.15) is 0 Å². The molecule has 1 aromatic heterocycles. The Bertz CT molecular complexity index is 359. The molecule has 2 rings (SSSR count). The number of piperazine rings is 1. The van der Waals surface area contributed by atoms with Crippen LogP contribution >= 0.6 is 11.3 Å². The molecule has 1 aliphatic rings. The largest absolute Gasteiger partial charge is 0.393 e. The van der Waals surface area contributed by atoms with Crippen molar-refractivity contribution in [2.45, 2.75) is 25.9 Å². The Balaban J connectivity index is 1.74. The van der Waals surface area contributed by atoms with Crippen molar-refractivity contribution in [1.29, 1.82) is 0 Å². The molecule has 102 valence electrons. The normalized spacial score (nSPS) is 20.2. The van der Waals surface area contributed by atoms with E-state index in [0.717, 1.165) is 19.4 Å². The molecular weight excluding hydrogens is 246 g/mol. The molecular formula is C13H23N3OS. The van der Waals surface area contributed by atoms with Crippen molar-refractivity contribution in [3.05, 3.63) is 16.1 Å². The number of nitrogens with zero attached hydrogens (tertiary/aromatic N) is 3. The van der Waals surface area contributed by atoms with Crippen LogP contribution in [0.25, 0.3) is 0 Å². The van der Waals surface area contributed by atoms with E-state index in [1.54, 1.807) is 11.3 Å². The van der Waals surface area contributed by atoms with Gasteiger partial charge in [0.05, 0.1) is 11.1 Å². The van der Waals surface area contributed by atoms with Crippen molar-refractivity contribution >= 4 is 11.3 Å². The van der Waals surface area contributed by atoms with Gasteiger partial charge in [0.15, 0.2) is 0 Å². The van der Waals surface area contributed by atoms with E-state index in [0.29, 0.717) is 0 Å². The quantitative estimate of drug-likeness (QED) is 0.860. The lowest BCUT2D eigenvalue weighted by Gasteiger charge is -2.32. The number of aliphatic hydroxyl groups excluding tert-OH is 1. The Hall–Kier alpha value is -0.490. The van der Waals surface area contributed by atoms with E-state index in [9.17, 15) is 5.11 Å². The van der Waals surface area contributed by atoms with Gasteiger partial charge in [-0.15, -0.1) is 11.3 Å². The molecule has 1 saturated heterocycles. The average molecular weight is 269 g/mol. The average Bonchev–Trinajstić information content (AvgIpc) is 2.75. The standard InChI is InChI=1S/C13H23N3OS/c1-11(17)9-12-10-14-13(18-12)3-4-16-7-5-15(2)6-8-16/h10-11,17H,3-9H2,1-2H3. The first kappa shape index (κ1) is 13.9. The highest BCUT2D eigenvalue weighted by molar-refractivity contribution is 7.11. The first-order valence-corrected chi connectivity index (χ1v) is 7.47. The highest BCUT2D eigenvalue weighted by Crippen LogP contribution is 2.16. The Labute approximate surface area is 113 Å². The smallest absolute Gasteiger partial charge is 0.0940 e. The molecule has 1 unspecified atom stereocenters. The van der Waals surface area contributed by atoms with E-state index in [1.165, 1.54) is 36.1 Å². The molecule has 0 aromatic carbocycles. The van der Waals surface area contributed by atoms with Crippen molar-refractivity contribution in [2.75, 3.05) is 39.8 Å². The van der Waals surface area contributed by atoms with Crippen LogP contribution in [0.2, 0.25) is 0 Å². The van der Waals surface area contributed by atoms with Gasteiger partial charge in [0.2, 0.25) is 0 Å². The second-order valence-corrected chi connectivity index (χ2v) is 6.37. The highest BCUT2D eigenvalue weighted by atomic mass is 32.1. The molecule has 18 heavy (non-hydrogen) atoms. The number of likely N-dealkylation sites (N-methyl/N-ethyl adjacent to an activating group) is 1. The number of aromatic nitrogens is 1. The Morgan fingerprint density at radius 1 is 1.39 bits per heavy atom. The molecule has 1 N–H and O–H groups in total.